The second kappa shape index (κ2) is 6.57. The predicted molar refractivity (Wildman–Crippen MR) is 68.7 cm³/mol. The number of nitrogens with one attached hydrogen (secondary N) is 1. The van der Waals surface area contributed by atoms with Crippen LogP contribution in [-0.2, 0) is 10.0 Å². The second-order valence-electron chi connectivity index (χ2n) is 5.48. The number of hydrogen-bond donors (Lipinski definition) is 2. The van der Waals surface area contributed by atoms with Crippen LogP contribution in [-0.4, -0.2) is 26.8 Å². The molecule has 3 N–H and O–H groups in total. The van der Waals surface area contributed by atoms with E-state index < -0.39 is 10.0 Å². The maximum Gasteiger partial charge on any atom is 0.211 e. The van der Waals surface area contributed by atoms with Crippen molar-refractivity contribution in [1.29, 1.82) is 0 Å². The first-order valence-corrected chi connectivity index (χ1v) is 7.54. The third-order valence-electron chi connectivity index (χ3n) is 2.48. The van der Waals surface area contributed by atoms with Crippen LogP contribution >= 0.6 is 0 Å². The lowest BCUT2D eigenvalue weighted by Gasteiger charge is -2.18. The van der Waals surface area contributed by atoms with E-state index in [4.69, 9.17) is 5.73 Å². The van der Waals surface area contributed by atoms with E-state index in [9.17, 15) is 8.42 Å². The van der Waals surface area contributed by atoms with Crippen molar-refractivity contribution in [3.05, 3.63) is 0 Å². The molecule has 0 radical (unpaired) electrons. The van der Waals surface area contributed by atoms with Gasteiger partial charge in [0, 0.05) is 12.6 Å². The maximum absolute atomic E-state index is 11.6. The zero-order chi connectivity index (χ0) is 12.8. The Kier molecular flexibility index (Phi) is 6.51. The lowest BCUT2D eigenvalue weighted by Crippen LogP contribution is -2.32. The van der Waals surface area contributed by atoms with Gasteiger partial charge in [0.25, 0.3) is 0 Å². The van der Waals surface area contributed by atoms with Gasteiger partial charge in [-0.25, -0.2) is 13.1 Å². The Morgan fingerprint density at radius 2 is 1.88 bits per heavy atom. The van der Waals surface area contributed by atoms with Crippen LogP contribution in [0.15, 0.2) is 0 Å². The number of nitrogens with two attached hydrogens (primary N) is 1. The number of rotatable bonds is 7. The highest BCUT2D eigenvalue weighted by Crippen LogP contribution is 2.18. The Bertz CT molecular complexity index is 281. The van der Waals surface area contributed by atoms with Gasteiger partial charge in [0.2, 0.25) is 10.0 Å². The molecule has 1 unspecified atom stereocenters. The number of sulfonamides is 1. The molecule has 0 amide bonds. The summed E-state index contributed by atoms with van der Waals surface area (Å²) in [5.74, 6) is 0.192. The molecule has 0 fully saturated rings. The molecule has 0 saturated carbocycles. The van der Waals surface area contributed by atoms with Crippen molar-refractivity contribution in [2.24, 2.45) is 11.1 Å². The van der Waals surface area contributed by atoms with Crippen molar-refractivity contribution in [3.63, 3.8) is 0 Å². The molecular formula is C11H26N2O2S. The second-order valence-corrected chi connectivity index (χ2v) is 7.41. The van der Waals surface area contributed by atoms with Crippen molar-refractivity contribution in [3.8, 4) is 0 Å². The summed E-state index contributed by atoms with van der Waals surface area (Å²) in [6.07, 6.45) is 2.25. The van der Waals surface area contributed by atoms with Gasteiger partial charge >= 0.3 is 0 Å². The lowest BCUT2D eigenvalue weighted by atomic mass is 9.94. The monoisotopic (exact) mass is 250 g/mol. The first kappa shape index (κ1) is 15.9. The molecule has 4 nitrogen and oxygen atoms in total. The average molecular weight is 250 g/mol. The van der Waals surface area contributed by atoms with Crippen LogP contribution in [0.1, 0.15) is 47.0 Å². The lowest BCUT2D eigenvalue weighted by molar-refractivity contribution is 0.396. The minimum atomic E-state index is -3.12. The predicted octanol–water partition coefficient (Wildman–Crippen LogP) is 1.47. The molecule has 16 heavy (non-hydrogen) atoms. The van der Waals surface area contributed by atoms with Gasteiger partial charge in [-0.15, -0.1) is 0 Å². The van der Waals surface area contributed by atoms with E-state index >= 15 is 0 Å². The van der Waals surface area contributed by atoms with E-state index in [1.165, 1.54) is 0 Å². The van der Waals surface area contributed by atoms with Crippen LogP contribution in [0, 0.1) is 5.41 Å². The van der Waals surface area contributed by atoms with Crippen LogP contribution in [0.5, 0.6) is 0 Å². The zero-order valence-electron chi connectivity index (χ0n) is 10.9. The Balaban J connectivity index is 3.89. The van der Waals surface area contributed by atoms with Crippen LogP contribution in [0.2, 0.25) is 0 Å². The molecule has 0 aliphatic heterocycles. The summed E-state index contributed by atoms with van der Waals surface area (Å²) in [7, 11) is -3.12. The molecule has 0 heterocycles. The topological polar surface area (TPSA) is 72.2 Å². The molecule has 0 aromatic carbocycles. The van der Waals surface area contributed by atoms with Gasteiger partial charge in [-0.05, 0) is 24.7 Å². The molecular weight excluding hydrogens is 224 g/mol. The Hall–Kier alpha value is -0.130. The third kappa shape index (κ3) is 9.12. The fraction of sp³-hybridized carbons (Fsp3) is 1.00. The van der Waals surface area contributed by atoms with Gasteiger partial charge in [-0.3, -0.25) is 0 Å². The molecule has 0 aromatic rings. The number of hydrogen-bond acceptors (Lipinski definition) is 3. The summed E-state index contributed by atoms with van der Waals surface area (Å²) in [4.78, 5) is 0. The first-order chi connectivity index (χ1) is 7.16. The van der Waals surface area contributed by atoms with E-state index in [0.717, 1.165) is 6.42 Å². The normalized spacial score (nSPS) is 15.1. The van der Waals surface area contributed by atoms with Crippen LogP contribution in [0.25, 0.3) is 0 Å². The van der Waals surface area contributed by atoms with Crippen molar-refractivity contribution in [1.82, 2.24) is 4.72 Å². The Morgan fingerprint density at radius 1 is 1.31 bits per heavy atom. The highest BCUT2D eigenvalue weighted by Gasteiger charge is 2.16. The molecule has 0 rings (SSSR count). The van der Waals surface area contributed by atoms with Crippen molar-refractivity contribution >= 4 is 10.0 Å². The van der Waals surface area contributed by atoms with Crippen LogP contribution < -0.4 is 10.5 Å². The maximum atomic E-state index is 11.6. The van der Waals surface area contributed by atoms with Gasteiger partial charge in [0.15, 0.2) is 0 Å². The molecule has 5 heteroatoms. The van der Waals surface area contributed by atoms with E-state index in [0.29, 0.717) is 19.4 Å². The van der Waals surface area contributed by atoms with Gasteiger partial charge in [-0.1, -0.05) is 27.7 Å². The fourth-order valence-electron chi connectivity index (χ4n) is 1.12. The molecule has 0 aliphatic carbocycles. The van der Waals surface area contributed by atoms with Gasteiger partial charge in [0.05, 0.1) is 5.75 Å². The van der Waals surface area contributed by atoms with E-state index in [1.807, 2.05) is 27.7 Å². The van der Waals surface area contributed by atoms with Crippen molar-refractivity contribution in [2.75, 3.05) is 12.3 Å². The standard InChI is InChI=1S/C11H26N2O2S/c1-5-10(12)6-8-13-16(14,15)9-7-11(2,3)4/h10,13H,5-9,12H2,1-4H3. The van der Waals surface area contributed by atoms with Crippen LogP contribution in [0.3, 0.4) is 0 Å². The molecule has 0 aromatic heterocycles. The van der Waals surface area contributed by atoms with E-state index in [-0.39, 0.29) is 17.2 Å². The van der Waals surface area contributed by atoms with Crippen molar-refractivity contribution < 1.29 is 8.42 Å². The fourth-order valence-corrected chi connectivity index (χ4v) is 2.57. The Labute approximate surface area is 100 Å². The third-order valence-corrected chi connectivity index (χ3v) is 3.87. The average Bonchev–Trinajstić information content (AvgIpc) is 2.13. The SMILES string of the molecule is CCC(N)CCNS(=O)(=O)CCC(C)(C)C. The van der Waals surface area contributed by atoms with E-state index in [1.54, 1.807) is 0 Å². The summed E-state index contributed by atoms with van der Waals surface area (Å²) < 4.78 is 25.8. The largest absolute Gasteiger partial charge is 0.328 e. The van der Waals surface area contributed by atoms with Crippen molar-refractivity contribution in [2.45, 2.75) is 53.0 Å². The zero-order valence-corrected chi connectivity index (χ0v) is 11.7. The highest BCUT2D eigenvalue weighted by molar-refractivity contribution is 7.89. The van der Waals surface area contributed by atoms with E-state index in [2.05, 4.69) is 4.72 Å². The molecule has 0 saturated heterocycles. The Morgan fingerprint density at radius 3 is 2.31 bits per heavy atom. The summed E-state index contributed by atoms with van der Waals surface area (Å²) in [5.41, 5.74) is 5.76. The molecule has 0 bridgehead atoms. The quantitative estimate of drug-likeness (QED) is 0.718. The first-order valence-electron chi connectivity index (χ1n) is 5.89. The summed E-state index contributed by atoms with van der Waals surface area (Å²) in [6.45, 7) is 8.56. The minimum absolute atomic E-state index is 0.0502. The van der Waals surface area contributed by atoms with Gasteiger partial charge in [-0.2, -0.15) is 0 Å². The summed E-state index contributed by atoms with van der Waals surface area (Å²) >= 11 is 0. The molecule has 0 aliphatic rings. The molecule has 98 valence electrons. The van der Waals surface area contributed by atoms with Gasteiger partial charge < -0.3 is 5.73 Å². The summed E-state index contributed by atoms with van der Waals surface area (Å²) in [6, 6.07) is 0.0883. The van der Waals surface area contributed by atoms with Crippen LogP contribution in [0.4, 0.5) is 0 Å². The molecule has 0 spiro atoms. The highest BCUT2D eigenvalue weighted by atomic mass is 32.2. The summed E-state index contributed by atoms with van der Waals surface area (Å²) in [5, 5.41) is 0. The smallest absolute Gasteiger partial charge is 0.211 e. The van der Waals surface area contributed by atoms with Gasteiger partial charge in [0.1, 0.15) is 0 Å². The minimum Gasteiger partial charge on any atom is -0.328 e. The molecule has 1 atom stereocenters.